The largest absolute Gasteiger partial charge is 0.310 e. The Morgan fingerprint density at radius 2 is 1.68 bits per heavy atom. The average molecular weight is 268 g/mol. The fourth-order valence-electron chi connectivity index (χ4n) is 1.60. The first-order valence-electron chi connectivity index (χ1n) is 5.64. The van der Waals surface area contributed by atoms with Crippen molar-refractivity contribution in [1.82, 2.24) is 9.97 Å². The zero-order valence-corrected chi connectivity index (χ0v) is 10.3. The zero-order chi connectivity index (χ0) is 14.2. The van der Waals surface area contributed by atoms with Crippen molar-refractivity contribution in [2.45, 2.75) is 19.8 Å². The van der Waals surface area contributed by atoms with Crippen LogP contribution in [-0.2, 0) is 0 Å². The summed E-state index contributed by atoms with van der Waals surface area (Å²) in [6.45, 7) is 3.63. The highest BCUT2D eigenvalue weighted by Gasteiger charge is 2.14. The number of aromatic nitrogens is 2. The van der Waals surface area contributed by atoms with Crippen LogP contribution in [0, 0.1) is 17.5 Å². The Bertz CT molecular complexity index is 657. The summed E-state index contributed by atoms with van der Waals surface area (Å²) in [6.07, 6.45) is 0. The standard InChI is InChI=1S/C13H11F3N2O/c1-6(2)13-17-10(5-11(19)18-13)7-3-8(14)12(16)9(15)4-7/h3-6H,1-2H3,(H,17,18,19). The van der Waals surface area contributed by atoms with Gasteiger partial charge in [0.05, 0.1) is 5.69 Å². The second kappa shape index (κ2) is 4.87. The predicted octanol–water partition coefficient (Wildman–Crippen LogP) is 2.98. The van der Waals surface area contributed by atoms with Gasteiger partial charge in [-0.25, -0.2) is 18.2 Å². The van der Waals surface area contributed by atoms with Gasteiger partial charge < -0.3 is 4.98 Å². The van der Waals surface area contributed by atoms with Gasteiger partial charge in [-0.1, -0.05) is 13.8 Å². The Kier molecular flexibility index (Phi) is 3.42. The first kappa shape index (κ1) is 13.3. The van der Waals surface area contributed by atoms with E-state index < -0.39 is 23.0 Å². The van der Waals surface area contributed by atoms with Crippen LogP contribution in [0.2, 0.25) is 0 Å². The van der Waals surface area contributed by atoms with Gasteiger partial charge in [-0.2, -0.15) is 0 Å². The summed E-state index contributed by atoms with van der Waals surface area (Å²) in [5.74, 6) is -3.83. The number of aromatic amines is 1. The summed E-state index contributed by atoms with van der Waals surface area (Å²) in [6, 6.07) is 2.73. The molecule has 0 bridgehead atoms. The molecule has 1 heterocycles. The van der Waals surface area contributed by atoms with Crippen molar-refractivity contribution in [3.63, 3.8) is 0 Å². The highest BCUT2D eigenvalue weighted by molar-refractivity contribution is 5.58. The van der Waals surface area contributed by atoms with E-state index in [0.29, 0.717) is 5.82 Å². The zero-order valence-electron chi connectivity index (χ0n) is 10.3. The van der Waals surface area contributed by atoms with Crippen molar-refractivity contribution in [2.75, 3.05) is 0 Å². The number of H-pyrrole nitrogens is 1. The maximum Gasteiger partial charge on any atom is 0.251 e. The quantitative estimate of drug-likeness (QED) is 0.851. The Balaban J connectivity index is 2.62. The molecule has 0 saturated carbocycles. The molecule has 1 aromatic carbocycles. The van der Waals surface area contributed by atoms with Crippen LogP contribution in [0.25, 0.3) is 11.3 Å². The van der Waals surface area contributed by atoms with Crippen LogP contribution in [-0.4, -0.2) is 9.97 Å². The number of nitrogens with one attached hydrogen (secondary N) is 1. The lowest BCUT2D eigenvalue weighted by molar-refractivity contribution is 0.447. The lowest BCUT2D eigenvalue weighted by atomic mass is 10.1. The van der Waals surface area contributed by atoms with Gasteiger partial charge in [0, 0.05) is 17.5 Å². The van der Waals surface area contributed by atoms with E-state index in [-0.39, 0.29) is 17.2 Å². The third kappa shape index (κ3) is 2.67. The lowest BCUT2D eigenvalue weighted by Gasteiger charge is -2.07. The van der Waals surface area contributed by atoms with E-state index in [9.17, 15) is 18.0 Å². The number of benzene rings is 1. The summed E-state index contributed by atoms with van der Waals surface area (Å²) < 4.78 is 39.2. The molecule has 1 aromatic heterocycles. The van der Waals surface area contributed by atoms with Gasteiger partial charge in [-0.05, 0) is 12.1 Å². The van der Waals surface area contributed by atoms with Crippen LogP contribution in [0.4, 0.5) is 13.2 Å². The SMILES string of the molecule is CC(C)c1nc(-c2cc(F)c(F)c(F)c2)cc(=O)[nH]1. The topological polar surface area (TPSA) is 45.8 Å². The normalized spacial score (nSPS) is 11.1. The van der Waals surface area contributed by atoms with E-state index >= 15 is 0 Å². The molecule has 0 spiro atoms. The van der Waals surface area contributed by atoms with Crippen LogP contribution < -0.4 is 5.56 Å². The molecule has 0 fully saturated rings. The molecule has 0 aliphatic rings. The third-order valence-electron chi connectivity index (χ3n) is 2.59. The van der Waals surface area contributed by atoms with Crippen molar-refractivity contribution < 1.29 is 13.2 Å². The maximum atomic E-state index is 13.2. The summed E-state index contributed by atoms with van der Waals surface area (Å²) in [5, 5.41) is 0. The fraction of sp³-hybridized carbons (Fsp3) is 0.231. The monoisotopic (exact) mass is 268 g/mol. The number of rotatable bonds is 2. The molecule has 0 amide bonds. The molecule has 0 unspecified atom stereocenters. The Morgan fingerprint density at radius 1 is 1.11 bits per heavy atom. The first-order valence-corrected chi connectivity index (χ1v) is 5.64. The molecule has 0 aliphatic carbocycles. The predicted molar refractivity (Wildman–Crippen MR) is 64.3 cm³/mol. The second-order valence-electron chi connectivity index (χ2n) is 4.42. The van der Waals surface area contributed by atoms with E-state index in [1.807, 2.05) is 13.8 Å². The van der Waals surface area contributed by atoms with Crippen molar-refractivity contribution >= 4 is 0 Å². The van der Waals surface area contributed by atoms with Gasteiger partial charge in [-0.3, -0.25) is 4.79 Å². The summed E-state index contributed by atoms with van der Waals surface area (Å²) in [4.78, 5) is 18.1. The van der Waals surface area contributed by atoms with Crippen LogP contribution in [0.15, 0.2) is 23.0 Å². The molecule has 100 valence electrons. The Hall–Kier alpha value is -2.11. The molecule has 0 saturated heterocycles. The van der Waals surface area contributed by atoms with Gasteiger partial charge in [0.15, 0.2) is 17.5 Å². The Labute approximate surface area is 107 Å². The van der Waals surface area contributed by atoms with Gasteiger partial charge in [0.25, 0.3) is 5.56 Å². The highest BCUT2D eigenvalue weighted by Crippen LogP contribution is 2.22. The van der Waals surface area contributed by atoms with E-state index in [2.05, 4.69) is 9.97 Å². The molecule has 2 rings (SSSR count). The van der Waals surface area contributed by atoms with Crippen molar-refractivity contribution in [1.29, 1.82) is 0 Å². The second-order valence-corrected chi connectivity index (χ2v) is 4.42. The van der Waals surface area contributed by atoms with Crippen LogP contribution in [0.5, 0.6) is 0 Å². The summed E-state index contributed by atoms with van der Waals surface area (Å²) in [5.41, 5.74) is -0.312. The van der Waals surface area contributed by atoms with Gasteiger partial charge >= 0.3 is 0 Å². The van der Waals surface area contributed by atoms with Crippen molar-refractivity contribution in [3.05, 3.63) is 51.8 Å². The molecule has 0 atom stereocenters. The minimum Gasteiger partial charge on any atom is -0.310 e. The van der Waals surface area contributed by atoms with Crippen LogP contribution >= 0.6 is 0 Å². The molecule has 2 aromatic rings. The molecule has 0 radical (unpaired) electrons. The smallest absolute Gasteiger partial charge is 0.251 e. The fourth-order valence-corrected chi connectivity index (χ4v) is 1.60. The Morgan fingerprint density at radius 3 is 2.21 bits per heavy atom. The van der Waals surface area contributed by atoms with E-state index in [1.54, 1.807) is 0 Å². The summed E-state index contributed by atoms with van der Waals surface area (Å²) in [7, 11) is 0. The number of hydrogen-bond acceptors (Lipinski definition) is 2. The van der Waals surface area contributed by atoms with Gasteiger partial charge in [-0.15, -0.1) is 0 Å². The van der Waals surface area contributed by atoms with Crippen molar-refractivity contribution in [3.8, 4) is 11.3 Å². The molecular weight excluding hydrogens is 257 g/mol. The van der Waals surface area contributed by atoms with Gasteiger partial charge in [0.1, 0.15) is 5.82 Å². The number of halogens is 3. The molecule has 1 N–H and O–H groups in total. The lowest BCUT2D eigenvalue weighted by Crippen LogP contribution is -2.12. The molecule has 6 heteroatoms. The minimum absolute atomic E-state index is 0.0180. The number of nitrogens with zero attached hydrogens (tertiary/aromatic N) is 1. The van der Waals surface area contributed by atoms with E-state index in [1.165, 1.54) is 0 Å². The number of hydrogen-bond donors (Lipinski definition) is 1. The van der Waals surface area contributed by atoms with E-state index in [4.69, 9.17) is 0 Å². The highest BCUT2D eigenvalue weighted by atomic mass is 19.2. The minimum atomic E-state index is -1.54. The third-order valence-corrected chi connectivity index (χ3v) is 2.59. The summed E-state index contributed by atoms with van der Waals surface area (Å²) >= 11 is 0. The molecular formula is C13H11F3N2O. The van der Waals surface area contributed by atoms with Crippen molar-refractivity contribution in [2.24, 2.45) is 0 Å². The van der Waals surface area contributed by atoms with Gasteiger partial charge in [0.2, 0.25) is 0 Å². The molecule has 19 heavy (non-hydrogen) atoms. The maximum absolute atomic E-state index is 13.2. The first-order chi connectivity index (χ1) is 8.88. The molecule has 0 aliphatic heterocycles. The molecule has 3 nitrogen and oxygen atoms in total. The van der Waals surface area contributed by atoms with Crippen LogP contribution in [0.3, 0.4) is 0 Å². The average Bonchev–Trinajstić information content (AvgIpc) is 2.34. The van der Waals surface area contributed by atoms with Crippen LogP contribution in [0.1, 0.15) is 25.6 Å². The van der Waals surface area contributed by atoms with E-state index in [0.717, 1.165) is 18.2 Å².